The molecule has 112 valence electrons. The summed E-state index contributed by atoms with van der Waals surface area (Å²) in [7, 11) is 1.71. The van der Waals surface area contributed by atoms with E-state index in [1.54, 1.807) is 7.11 Å². The molecule has 0 spiro atoms. The molecule has 2 aromatic rings. The van der Waals surface area contributed by atoms with Crippen LogP contribution in [-0.4, -0.2) is 13.7 Å². The fourth-order valence-corrected chi connectivity index (χ4v) is 2.91. The molecule has 0 aromatic heterocycles. The average Bonchev–Trinajstić information content (AvgIpc) is 2.44. The van der Waals surface area contributed by atoms with Crippen LogP contribution >= 0.6 is 11.6 Å². The predicted octanol–water partition coefficient (Wildman–Crippen LogP) is 4.74. The van der Waals surface area contributed by atoms with Crippen LogP contribution in [0, 0.1) is 13.8 Å². The fourth-order valence-electron chi connectivity index (χ4n) is 2.60. The van der Waals surface area contributed by atoms with Gasteiger partial charge in [-0.05, 0) is 60.8 Å². The van der Waals surface area contributed by atoms with Gasteiger partial charge in [0.1, 0.15) is 5.75 Å². The predicted molar refractivity (Wildman–Crippen MR) is 90.3 cm³/mol. The first-order valence-electron chi connectivity index (χ1n) is 7.21. The van der Waals surface area contributed by atoms with Crippen molar-refractivity contribution in [2.75, 3.05) is 13.7 Å². The molecule has 0 atom stereocenters. The Hall–Kier alpha value is -1.51. The molecule has 0 amide bonds. The molecule has 3 heteroatoms. The Kier molecular flexibility index (Phi) is 5.27. The summed E-state index contributed by atoms with van der Waals surface area (Å²) in [5, 5.41) is 4.10. The summed E-state index contributed by atoms with van der Waals surface area (Å²) in [6, 6.07) is 10.5. The van der Waals surface area contributed by atoms with E-state index in [1.807, 2.05) is 6.07 Å². The lowest BCUT2D eigenvalue weighted by Crippen LogP contribution is -2.11. The minimum absolute atomic E-state index is 0.786. The lowest BCUT2D eigenvalue weighted by molar-refractivity contribution is 0.408. The second-order valence-electron chi connectivity index (χ2n) is 5.24. The molecule has 0 radical (unpaired) electrons. The first-order valence-corrected chi connectivity index (χ1v) is 7.59. The van der Waals surface area contributed by atoms with Crippen molar-refractivity contribution < 1.29 is 4.74 Å². The molecular weight excluding hydrogens is 282 g/mol. The van der Waals surface area contributed by atoms with Gasteiger partial charge in [0, 0.05) is 17.1 Å². The molecule has 2 nitrogen and oxygen atoms in total. The summed E-state index contributed by atoms with van der Waals surface area (Å²) in [4.78, 5) is 0. The standard InChI is InChI=1S/C18H22ClNO/c1-5-20-11-14-6-7-16(17(19)10-14)15-8-12(2)18(21-4)13(3)9-15/h6-10,20H,5,11H2,1-4H3. The van der Waals surface area contributed by atoms with Crippen molar-refractivity contribution in [3.05, 3.63) is 52.0 Å². The van der Waals surface area contributed by atoms with E-state index >= 15 is 0 Å². The van der Waals surface area contributed by atoms with Crippen LogP contribution in [0.25, 0.3) is 11.1 Å². The molecule has 0 heterocycles. The quantitative estimate of drug-likeness (QED) is 0.861. The van der Waals surface area contributed by atoms with E-state index in [2.05, 4.69) is 50.4 Å². The van der Waals surface area contributed by atoms with Crippen molar-refractivity contribution in [3.8, 4) is 16.9 Å². The molecule has 0 saturated carbocycles. The normalized spacial score (nSPS) is 10.7. The zero-order chi connectivity index (χ0) is 15.4. The van der Waals surface area contributed by atoms with Crippen molar-refractivity contribution >= 4 is 11.6 Å². The number of halogens is 1. The molecule has 2 aromatic carbocycles. The first-order chi connectivity index (χ1) is 10.1. The Morgan fingerprint density at radius 2 is 1.76 bits per heavy atom. The highest BCUT2D eigenvalue weighted by Gasteiger charge is 2.10. The summed E-state index contributed by atoms with van der Waals surface area (Å²) < 4.78 is 5.42. The molecule has 0 fully saturated rings. The maximum absolute atomic E-state index is 6.46. The Balaban J connectivity index is 2.38. The molecule has 21 heavy (non-hydrogen) atoms. The van der Waals surface area contributed by atoms with Gasteiger partial charge in [0.15, 0.2) is 0 Å². The minimum atomic E-state index is 0.786. The lowest BCUT2D eigenvalue weighted by atomic mass is 9.98. The van der Waals surface area contributed by atoms with Crippen LogP contribution in [0.2, 0.25) is 5.02 Å². The van der Waals surface area contributed by atoms with Gasteiger partial charge in [-0.1, -0.05) is 30.7 Å². The van der Waals surface area contributed by atoms with E-state index < -0.39 is 0 Å². The molecule has 0 aliphatic heterocycles. The van der Waals surface area contributed by atoms with Crippen molar-refractivity contribution in [1.29, 1.82) is 0 Å². The highest BCUT2D eigenvalue weighted by atomic mass is 35.5. The average molecular weight is 304 g/mol. The van der Waals surface area contributed by atoms with Gasteiger partial charge in [-0.3, -0.25) is 0 Å². The summed E-state index contributed by atoms with van der Waals surface area (Å²) in [5.41, 5.74) is 5.64. The van der Waals surface area contributed by atoms with Crippen LogP contribution in [0.1, 0.15) is 23.6 Å². The van der Waals surface area contributed by atoms with Crippen molar-refractivity contribution in [2.24, 2.45) is 0 Å². The highest BCUT2D eigenvalue weighted by Crippen LogP contribution is 2.34. The number of methoxy groups -OCH3 is 1. The van der Waals surface area contributed by atoms with Gasteiger partial charge in [0.2, 0.25) is 0 Å². The summed E-state index contributed by atoms with van der Waals surface area (Å²) in [6.45, 7) is 8.01. The van der Waals surface area contributed by atoms with Crippen LogP contribution in [0.15, 0.2) is 30.3 Å². The number of nitrogens with one attached hydrogen (secondary N) is 1. The van der Waals surface area contributed by atoms with Gasteiger partial charge in [0.25, 0.3) is 0 Å². The Morgan fingerprint density at radius 3 is 2.29 bits per heavy atom. The zero-order valence-electron chi connectivity index (χ0n) is 13.1. The first kappa shape index (κ1) is 15.9. The van der Waals surface area contributed by atoms with Gasteiger partial charge in [0.05, 0.1) is 7.11 Å². The van der Waals surface area contributed by atoms with E-state index in [4.69, 9.17) is 16.3 Å². The zero-order valence-corrected chi connectivity index (χ0v) is 13.8. The minimum Gasteiger partial charge on any atom is -0.496 e. The lowest BCUT2D eigenvalue weighted by Gasteiger charge is -2.13. The molecule has 0 bridgehead atoms. The van der Waals surface area contributed by atoms with Crippen molar-refractivity contribution in [2.45, 2.75) is 27.3 Å². The topological polar surface area (TPSA) is 21.3 Å². The van der Waals surface area contributed by atoms with Crippen molar-refractivity contribution in [1.82, 2.24) is 5.32 Å². The van der Waals surface area contributed by atoms with Gasteiger partial charge < -0.3 is 10.1 Å². The van der Waals surface area contributed by atoms with Crippen LogP contribution in [0.4, 0.5) is 0 Å². The van der Waals surface area contributed by atoms with Gasteiger partial charge in [-0.2, -0.15) is 0 Å². The number of rotatable bonds is 5. The molecule has 0 aliphatic carbocycles. The van der Waals surface area contributed by atoms with Gasteiger partial charge in [-0.25, -0.2) is 0 Å². The monoisotopic (exact) mass is 303 g/mol. The van der Waals surface area contributed by atoms with Crippen LogP contribution in [-0.2, 0) is 6.54 Å². The number of ether oxygens (including phenoxy) is 1. The van der Waals surface area contributed by atoms with Gasteiger partial charge in [-0.15, -0.1) is 0 Å². The highest BCUT2D eigenvalue weighted by molar-refractivity contribution is 6.33. The molecule has 2 rings (SSSR count). The van der Waals surface area contributed by atoms with E-state index in [9.17, 15) is 0 Å². The Morgan fingerprint density at radius 1 is 1.10 bits per heavy atom. The van der Waals surface area contributed by atoms with Crippen molar-refractivity contribution in [3.63, 3.8) is 0 Å². The second-order valence-corrected chi connectivity index (χ2v) is 5.65. The molecular formula is C18H22ClNO. The fraction of sp³-hybridized carbons (Fsp3) is 0.333. The number of hydrogen-bond donors (Lipinski definition) is 1. The van der Waals surface area contributed by atoms with Crippen LogP contribution in [0.3, 0.4) is 0 Å². The van der Waals surface area contributed by atoms with Crippen LogP contribution < -0.4 is 10.1 Å². The third kappa shape index (κ3) is 3.58. The molecule has 0 unspecified atom stereocenters. The second kappa shape index (κ2) is 6.97. The van der Waals surface area contributed by atoms with E-state index in [-0.39, 0.29) is 0 Å². The Labute approximate surface area is 132 Å². The molecule has 0 saturated heterocycles. The largest absolute Gasteiger partial charge is 0.496 e. The van der Waals surface area contributed by atoms with E-state index in [1.165, 1.54) is 5.56 Å². The number of hydrogen-bond acceptors (Lipinski definition) is 2. The SMILES string of the molecule is CCNCc1ccc(-c2cc(C)c(OC)c(C)c2)c(Cl)c1. The Bertz CT molecular complexity index is 614. The van der Waals surface area contributed by atoms with E-state index in [0.717, 1.165) is 46.1 Å². The third-order valence-corrected chi connectivity index (χ3v) is 3.90. The summed E-state index contributed by atoms with van der Waals surface area (Å²) in [6.07, 6.45) is 0. The number of aryl methyl sites for hydroxylation is 2. The number of benzene rings is 2. The summed E-state index contributed by atoms with van der Waals surface area (Å²) >= 11 is 6.46. The molecule has 0 aliphatic rings. The smallest absolute Gasteiger partial charge is 0.124 e. The van der Waals surface area contributed by atoms with E-state index in [0.29, 0.717) is 0 Å². The van der Waals surface area contributed by atoms with Crippen LogP contribution in [0.5, 0.6) is 5.75 Å². The summed E-state index contributed by atoms with van der Waals surface area (Å²) in [5.74, 6) is 0.943. The third-order valence-electron chi connectivity index (χ3n) is 3.59. The van der Waals surface area contributed by atoms with Gasteiger partial charge >= 0.3 is 0 Å². The maximum Gasteiger partial charge on any atom is 0.124 e. The molecule has 1 N–H and O–H groups in total. The maximum atomic E-state index is 6.46.